The van der Waals surface area contributed by atoms with Crippen LogP contribution in [0.15, 0.2) is 12.3 Å². The van der Waals surface area contributed by atoms with Crippen LogP contribution in [0.5, 0.6) is 0 Å². The van der Waals surface area contributed by atoms with Gasteiger partial charge in [-0.25, -0.2) is 0 Å². The standard InChI is InChI=1S/C12H26N2.2C10H22N2O.C9H20N2O/c1-7-12(3,4)11(2)13-9-8-10-14(5)6;1-6-10(2,3)9(13)11-7-8-12(4)5;1-5-9(2)10(13)11-7-6-8-12(3)4;1-5-8(2)9(12)10-6-7-11(3)4/h13H,2,7-10H2,1,3-6H3;6-8H2,1-5H3,(H,11,13);9H,5-8H2,1-4H3,(H,11,13);8H,5-7H2,1-4H3,(H,10,12). The van der Waals surface area contributed by atoms with Crippen LogP contribution in [0.4, 0.5) is 0 Å². The molecule has 2 atom stereocenters. The number of nitrogens with one attached hydrogen (secondary N) is 4. The van der Waals surface area contributed by atoms with E-state index in [4.69, 9.17) is 0 Å². The van der Waals surface area contributed by atoms with E-state index in [0.29, 0.717) is 0 Å². The molecule has 3 amide bonds. The first-order chi connectivity index (χ1) is 23.9. The second-order valence-corrected chi connectivity index (χ2v) is 16.3. The fourth-order valence-corrected chi connectivity index (χ4v) is 3.61. The highest BCUT2D eigenvalue weighted by atomic mass is 16.2. The third-order valence-electron chi connectivity index (χ3n) is 9.22. The van der Waals surface area contributed by atoms with Crippen molar-refractivity contribution in [3.05, 3.63) is 12.3 Å². The number of carbonyl (C=O) groups is 3. The highest BCUT2D eigenvalue weighted by Crippen LogP contribution is 2.26. The van der Waals surface area contributed by atoms with Gasteiger partial charge in [0.15, 0.2) is 0 Å². The largest absolute Gasteiger partial charge is 0.388 e. The maximum Gasteiger partial charge on any atom is 0.225 e. The van der Waals surface area contributed by atoms with Gasteiger partial charge in [-0.3, -0.25) is 14.4 Å². The number of rotatable bonds is 23. The van der Waals surface area contributed by atoms with Crippen LogP contribution in [0, 0.1) is 22.7 Å². The van der Waals surface area contributed by atoms with Crippen molar-refractivity contribution in [3.63, 3.8) is 0 Å². The summed E-state index contributed by atoms with van der Waals surface area (Å²) in [5.74, 6) is 0.795. The van der Waals surface area contributed by atoms with Crippen LogP contribution in [-0.2, 0) is 14.4 Å². The third kappa shape index (κ3) is 36.2. The lowest BCUT2D eigenvalue weighted by Gasteiger charge is -2.26. The zero-order chi connectivity index (χ0) is 41.5. The van der Waals surface area contributed by atoms with Crippen molar-refractivity contribution in [3.8, 4) is 0 Å². The van der Waals surface area contributed by atoms with Gasteiger partial charge >= 0.3 is 0 Å². The van der Waals surface area contributed by atoms with Crippen molar-refractivity contribution in [1.29, 1.82) is 0 Å². The Morgan fingerprint density at radius 3 is 1.17 bits per heavy atom. The average Bonchev–Trinajstić information content (AvgIpc) is 3.07. The molecule has 0 bridgehead atoms. The van der Waals surface area contributed by atoms with E-state index in [1.54, 1.807) is 0 Å². The van der Waals surface area contributed by atoms with Gasteiger partial charge in [-0.05, 0) is 108 Å². The molecule has 0 aliphatic carbocycles. The number of nitrogens with zero attached hydrogens (tertiary/aromatic N) is 4. The van der Waals surface area contributed by atoms with Gasteiger partial charge in [-0.1, -0.05) is 75.8 Å². The Morgan fingerprint density at radius 1 is 0.519 bits per heavy atom. The zero-order valence-corrected chi connectivity index (χ0v) is 37.8. The minimum absolute atomic E-state index is 0.146. The molecule has 11 heteroatoms. The summed E-state index contributed by atoms with van der Waals surface area (Å²) >= 11 is 0. The summed E-state index contributed by atoms with van der Waals surface area (Å²) in [5.41, 5.74) is 1.16. The van der Waals surface area contributed by atoms with Gasteiger partial charge in [0, 0.05) is 67.6 Å². The van der Waals surface area contributed by atoms with E-state index in [1.807, 2.05) is 90.8 Å². The van der Waals surface area contributed by atoms with Crippen LogP contribution in [0.2, 0.25) is 0 Å². The van der Waals surface area contributed by atoms with Crippen LogP contribution in [0.1, 0.15) is 108 Å². The molecule has 11 nitrogen and oxygen atoms in total. The van der Waals surface area contributed by atoms with Gasteiger partial charge in [-0.2, -0.15) is 0 Å². The normalized spacial score (nSPS) is 12.4. The first kappa shape index (κ1) is 56.5. The predicted octanol–water partition coefficient (Wildman–Crippen LogP) is 5.39. The number of allylic oxidation sites excluding steroid dienone is 1. The SMILES string of the molecule is C=C(NCCCN(C)C)C(C)(C)CC.CCC(C)(C)C(=O)NCCN(C)C.CCC(C)C(=O)NCCCN(C)C.CCC(C)C(=O)NCCN(C)C. The topological polar surface area (TPSA) is 112 Å². The maximum atomic E-state index is 11.5. The molecular formula is C41H90N8O3. The maximum absolute atomic E-state index is 11.5. The predicted molar refractivity (Wildman–Crippen MR) is 227 cm³/mol. The highest BCUT2D eigenvalue weighted by molar-refractivity contribution is 5.81. The van der Waals surface area contributed by atoms with Crippen LogP contribution >= 0.6 is 0 Å². The quantitative estimate of drug-likeness (QED) is 0.103. The molecule has 312 valence electrons. The molecule has 0 aliphatic rings. The Kier molecular flexibility index (Phi) is 36.3. The van der Waals surface area contributed by atoms with Gasteiger partial charge in [0.2, 0.25) is 17.7 Å². The molecule has 0 aromatic rings. The molecule has 0 aromatic heterocycles. The van der Waals surface area contributed by atoms with Gasteiger partial charge < -0.3 is 40.9 Å². The fraction of sp³-hybridized carbons (Fsp3) is 0.878. The van der Waals surface area contributed by atoms with E-state index in [9.17, 15) is 14.4 Å². The van der Waals surface area contributed by atoms with E-state index >= 15 is 0 Å². The molecule has 0 aromatic carbocycles. The molecule has 0 saturated heterocycles. The van der Waals surface area contributed by atoms with Crippen LogP contribution < -0.4 is 21.3 Å². The second-order valence-electron chi connectivity index (χ2n) is 16.3. The van der Waals surface area contributed by atoms with Crippen molar-refractivity contribution < 1.29 is 14.4 Å². The Bertz CT molecular complexity index is 904. The lowest BCUT2D eigenvalue weighted by Crippen LogP contribution is -2.39. The molecule has 0 radical (unpaired) electrons. The number of likely N-dealkylation sites (N-methyl/N-ethyl adjacent to an activating group) is 2. The lowest BCUT2D eigenvalue weighted by molar-refractivity contribution is -0.129. The van der Waals surface area contributed by atoms with E-state index < -0.39 is 0 Å². The third-order valence-corrected chi connectivity index (χ3v) is 9.22. The van der Waals surface area contributed by atoms with Crippen molar-refractivity contribution in [2.24, 2.45) is 22.7 Å². The zero-order valence-electron chi connectivity index (χ0n) is 37.8. The van der Waals surface area contributed by atoms with Crippen molar-refractivity contribution in [1.82, 2.24) is 40.9 Å². The smallest absolute Gasteiger partial charge is 0.225 e. The van der Waals surface area contributed by atoms with Gasteiger partial charge in [-0.15, -0.1) is 0 Å². The number of hydrogen-bond donors (Lipinski definition) is 4. The summed E-state index contributed by atoms with van der Waals surface area (Å²) in [6.45, 7) is 31.9. The van der Waals surface area contributed by atoms with E-state index in [0.717, 1.165) is 84.5 Å². The van der Waals surface area contributed by atoms with Gasteiger partial charge in [0.1, 0.15) is 0 Å². The van der Waals surface area contributed by atoms with Gasteiger partial charge in [0.25, 0.3) is 0 Å². The Balaban J connectivity index is -0.000000296. The van der Waals surface area contributed by atoms with E-state index in [-0.39, 0.29) is 40.4 Å². The van der Waals surface area contributed by atoms with Crippen LogP contribution in [0.3, 0.4) is 0 Å². The molecule has 0 rings (SSSR count). The summed E-state index contributed by atoms with van der Waals surface area (Å²) in [5, 5.41) is 12.1. The van der Waals surface area contributed by atoms with E-state index in [1.165, 1.54) is 12.1 Å². The van der Waals surface area contributed by atoms with Gasteiger partial charge in [0.05, 0.1) is 0 Å². The monoisotopic (exact) mass is 743 g/mol. The van der Waals surface area contributed by atoms with Crippen molar-refractivity contribution >= 4 is 17.7 Å². The summed E-state index contributed by atoms with van der Waals surface area (Å²) in [4.78, 5) is 42.5. The Morgan fingerprint density at radius 2 is 0.846 bits per heavy atom. The molecule has 52 heavy (non-hydrogen) atoms. The first-order valence-corrected chi connectivity index (χ1v) is 19.8. The molecule has 4 N–H and O–H groups in total. The summed E-state index contributed by atoms with van der Waals surface area (Å²) in [6.07, 6.45) is 6.03. The Labute approximate surface area is 323 Å². The summed E-state index contributed by atoms with van der Waals surface area (Å²) in [7, 11) is 16.3. The summed E-state index contributed by atoms with van der Waals surface area (Å²) < 4.78 is 0. The molecule has 0 aliphatic heterocycles. The molecule has 0 saturated carbocycles. The fourth-order valence-electron chi connectivity index (χ4n) is 3.61. The molecule has 0 fully saturated rings. The average molecular weight is 743 g/mol. The van der Waals surface area contributed by atoms with Crippen LogP contribution in [-0.4, -0.2) is 146 Å². The lowest BCUT2D eigenvalue weighted by atomic mass is 9.87. The molecule has 2 unspecified atom stereocenters. The number of amides is 3. The van der Waals surface area contributed by atoms with Crippen LogP contribution in [0.25, 0.3) is 0 Å². The number of hydrogen-bond acceptors (Lipinski definition) is 8. The van der Waals surface area contributed by atoms with E-state index in [2.05, 4.69) is 82.3 Å². The second kappa shape index (κ2) is 33.4. The molecule has 0 spiro atoms. The minimum atomic E-state index is -0.230. The highest BCUT2D eigenvalue weighted by Gasteiger charge is 2.24. The molecular weight excluding hydrogens is 653 g/mol. The summed E-state index contributed by atoms with van der Waals surface area (Å²) in [6, 6.07) is 0. The van der Waals surface area contributed by atoms with Crippen molar-refractivity contribution in [2.45, 2.75) is 108 Å². The molecule has 0 heterocycles. The van der Waals surface area contributed by atoms with Crippen molar-refractivity contribution in [2.75, 3.05) is 109 Å². The first-order valence-electron chi connectivity index (χ1n) is 19.8. The Hall–Kier alpha value is -2.21. The number of carbonyl (C=O) groups excluding carboxylic acids is 3. The minimum Gasteiger partial charge on any atom is -0.388 e.